The molecular formula is C14H17F6N. The molecule has 1 aromatic carbocycles. The molecule has 1 unspecified atom stereocenters. The highest BCUT2D eigenvalue weighted by atomic mass is 19.4. The van der Waals surface area contributed by atoms with Crippen LogP contribution >= 0.6 is 0 Å². The normalized spacial score (nSPS) is 14.2. The Kier molecular flexibility index (Phi) is 6.07. The van der Waals surface area contributed by atoms with Crippen LogP contribution in [0.3, 0.4) is 0 Å². The van der Waals surface area contributed by atoms with E-state index >= 15 is 0 Å². The SMILES string of the molecule is CNC(CCCC(F)(F)F)Cc1ccc(C(F)(F)F)cc1. The lowest BCUT2D eigenvalue weighted by atomic mass is 10.00. The molecule has 1 N–H and O–H groups in total. The predicted molar refractivity (Wildman–Crippen MR) is 67.9 cm³/mol. The molecule has 0 aliphatic carbocycles. The predicted octanol–water partition coefficient (Wildman–Crippen LogP) is 4.57. The van der Waals surface area contributed by atoms with Gasteiger partial charge in [0.2, 0.25) is 0 Å². The Bertz CT molecular complexity index is 421. The molecule has 1 atom stereocenters. The van der Waals surface area contributed by atoms with Crippen molar-refractivity contribution in [2.24, 2.45) is 0 Å². The van der Waals surface area contributed by atoms with Gasteiger partial charge < -0.3 is 5.32 Å². The van der Waals surface area contributed by atoms with Crippen molar-refractivity contribution >= 4 is 0 Å². The zero-order chi connectivity index (χ0) is 16.1. The molecule has 0 saturated carbocycles. The van der Waals surface area contributed by atoms with Gasteiger partial charge in [-0.05, 0) is 44.0 Å². The van der Waals surface area contributed by atoms with E-state index in [1.54, 1.807) is 7.05 Å². The largest absolute Gasteiger partial charge is 0.416 e. The van der Waals surface area contributed by atoms with E-state index in [2.05, 4.69) is 5.32 Å². The highest BCUT2D eigenvalue weighted by Crippen LogP contribution is 2.29. The molecule has 21 heavy (non-hydrogen) atoms. The molecule has 0 saturated heterocycles. The molecule has 0 amide bonds. The average molecular weight is 313 g/mol. The number of nitrogens with one attached hydrogen (secondary N) is 1. The van der Waals surface area contributed by atoms with Crippen LogP contribution in [0.4, 0.5) is 26.3 Å². The van der Waals surface area contributed by atoms with E-state index in [0.717, 1.165) is 12.1 Å². The van der Waals surface area contributed by atoms with Crippen LogP contribution in [0.25, 0.3) is 0 Å². The first-order valence-corrected chi connectivity index (χ1v) is 6.52. The summed E-state index contributed by atoms with van der Waals surface area (Å²) in [6, 6.07) is 4.49. The van der Waals surface area contributed by atoms with Gasteiger partial charge in [-0.3, -0.25) is 0 Å². The molecule has 1 nitrogen and oxygen atoms in total. The average Bonchev–Trinajstić information content (AvgIpc) is 2.35. The second-order valence-corrected chi connectivity index (χ2v) is 4.89. The molecule has 1 aromatic rings. The van der Waals surface area contributed by atoms with Crippen molar-refractivity contribution in [1.82, 2.24) is 5.32 Å². The fraction of sp³-hybridized carbons (Fsp3) is 0.571. The minimum atomic E-state index is -4.38. The van der Waals surface area contributed by atoms with Crippen LogP contribution in [-0.2, 0) is 12.6 Å². The zero-order valence-electron chi connectivity index (χ0n) is 11.5. The Morgan fingerprint density at radius 1 is 1.00 bits per heavy atom. The minimum absolute atomic E-state index is 0.00432. The minimum Gasteiger partial charge on any atom is -0.317 e. The summed E-state index contributed by atoms with van der Waals surface area (Å²) in [5, 5.41) is 2.89. The standard InChI is InChI=1S/C14H17F6N/c1-21-12(3-2-8-13(15,16)17)9-10-4-6-11(7-5-10)14(18,19)20/h4-7,12,21H,2-3,8-9H2,1H3. The van der Waals surface area contributed by atoms with Gasteiger partial charge in [0, 0.05) is 12.5 Å². The van der Waals surface area contributed by atoms with Crippen LogP contribution in [0.2, 0.25) is 0 Å². The first-order chi connectivity index (χ1) is 9.62. The van der Waals surface area contributed by atoms with Gasteiger partial charge in [0.25, 0.3) is 0 Å². The van der Waals surface area contributed by atoms with Crippen molar-refractivity contribution in [1.29, 1.82) is 0 Å². The van der Waals surface area contributed by atoms with E-state index < -0.39 is 24.3 Å². The van der Waals surface area contributed by atoms with Gasteiger partial charge in [0.05, 0.1) is 5.56 Å². The van der Waals surface area contributed by atoms with Gasteiger partial charge in [-0.25, -0.2) is 0 Å². The van der Waals surface area contributed by atoms with Gasteiger partial charge >= 0.3 is 12.4 Å². The summed E-state index contributed by atoms with van der Waals surface area (Å²) < 4.78 is 73.4. The number of rotatable bonds is 6. The van der Waals surface area contributed by atoms with Crippen LogP contribution in [0.1, 0.15) is 30.4 Å². The van der Waals surface area contributed by atoms with E-state index in [0.29, 0.717) is 18.4 Å². The molecule has 0 fully saturated rings. The van der Waals surface area contributed by atoms with Gasteiger partial charge in [-0.1, -0.05) is 12.1 Å². The summed E-state index contributed by atoms with van der Waals surface area (Å²) in [6.45, 7) is 0. The molecule has 0 aliphatic rings. The van der Waals surface area contributed by atoms with Gasteiger partial charge in [-0.15, -0.1) is 0 Å². The number of alkyl halides is 6. The zero-order valence-corrected chi connectivity index (χ0v) is 11.5. The van der Waals surface area contributed by atoms with E-state index in [4.69, 9.17) is 0 Å². The van der Waals surface area contributed by atoms with Crippen molar-refractivity contribution in [3.63, 3.8) is 0 Å². The van der Waals surface area contributed by atoms with Crippen molar-refractivity contribution in [3.05, 3.63) is 35.4 Å². The fourth-order valence-electron chi connectivity index (χ4n) is 2.01. The molecule has 120 valence electrons. The Morgan fingerprint density at radius 3 is 2.00 bits per heavy atom. The van der Waals surface area contributed by atoms with Crippen molar-refractivity contribution < 1.29 is 26.3 Å². The second-order valence-electron chi connectivity index (χ2n) is 4.89. The van der Waals surface area contributed by atoms with Crippen molar-refractivity contribution in [2.75, 3.05) is 7.05 Å². The lowest BCUT2D eigenvalue weighted by Crippen LogP contribution is -2.28. The topological polar surface area (TPSA) is 12.0 Å². The van der Waals surface area contributed by atoms with E-state index in [1.165, 1.54) is 12.1 Å². The maximum Gasteiger partial charge on any atom is 0.416 e. The Hall–Kier alpha value is -1.24. The summed E-state index contributed by atoms with van der Waals surface area (Å²) in [5.41, 5.74) is -0.0707. The summed E-state index contributed by atoms with van der Waals surface area (Å²) in [6.07, 6.45) is -8.70. The number of hydrogen-bond acceptors (Lipinski definition) is 1. The monoisotopic (exact) mass is 313 g/mol. The van der Waals surface area contributed by atoms with E-state index in [-0.39, 0.29) is 12.5 Å². The summed E-state index contributed by atoms with van der Waals surface area (Å²) in [4.78, 5) is 0. The van der Waals surface area contributed by atoms with Crippen molar-refractivity contribution in [3.8, 4) is 0 Å². The van der Waals surface area contributed by atoms with E-state index in [1.807, 2.05) is 0 Å². The summed E-state index contributed by atoms with van der Waals surface area (Å²) in [5.74, 6) is 0. The maximum atomic E-state index is 12.4. The van der Waals surface area contributed by atoms with Crippen LogP contribution < -0.4 is 5.32 Å². The maximum absolute atomic E-state index is 12.4. The van der Waals surface area contributed by atoms with Gasteiger partial charge in [-0.2, -0.15) is 26.3 Å². The lowest BCUT2D eigenvalue weighted by Gasteiger charge is -2.17. The number of halogens is 6. The summed E-state index contributed by atoms with van der Waals surface area (Å²) >= 11 is 0. The summed E-state index contributed by atoms with van der Waals surface area (Å²) in [7, 11) is 1.63. The molecular weight excluding hydrogens is 296 g/mol. The van der Waals surface area contributed by atoms with Crippen LogP contribution in [-0.4, -0.2) is 19.3 Å². The first-order valence-electron chi connectivity index (χ1n) is 6.52. The highest BCUT2D eigenvalue weighted by Gasteiger charge is 2.30. The van der Waals surface area contributed by atoms with Gasteiger partial charge in [0.15, 0.2) is 0 Å². The highest BCUT2D eigenvalue weighted by molar-refractivity contribution is 5.25. The number of benzene rings is 1. The second kappa shape index (κ2) is 7.15. The third-order valence-corrected chi connectivity index (χ3v) is 3.18. The molecule has 0 aliphatic heterocycles. The number of likely N-dealkylation sites (N-methyl/N-ethyl adjacent to an activating group) is 1. The molecule has 1 rings (SSSR count). The van der Waals surface area contributed by atoms with Crippen LogP contribution in [0, 0.1) is 0 Å². The molecule has 0 spiro atoms. The van der Waals surface area contributed by atoms with Crippen LogP contribution in [0.15, 0.2) is 24.3 Å². The smallest absolute Gasteiger partial charge is 0.317 e. The Balaban J connectivity index is 2.53. The molecule has 0 aromatic heterocycles. The molecule has 7 heteroatoms. The van der Waals surface area contributed by atoms with E-state index in [9.17, 15) is 26.3 Å². The fourth-order valence-corrected chi connectivity index (χ4v) is 2.01. The first kappa shape index (κ1) is 17.8. The van der Waals surface area contributed by atoms with Crippen LogP contribution in [0.5, 0.6) is 0 Å². The quantitative estimate of drug-likeness (QED) is 0.759. The molecule has 0 heterocycles. The third kappa shape index (κ3) is 6.84. The third-order valence-electron chi connectivity index (χ3n) is 3.18. The van der Waals surface area contributed by atoms with Crippen molar-refractivity contribution in [2.45, 2.75) is 44.1 Å². The number of hydrogen-bond donors (Lipinski definition) is 1. The Morgan fingerprint density at radius 2 is 1.57 bits per heavy atom. The molecule has 0 bridgehead atoms. The lowest BCUT2D eigenvalue weighted by molar-refractivity contribution is -0.137. The molecule has 0 radical (unpaired) electrons. The van der Waals surface area contributed by atoms with Gasteiger partial charge in [0.1, 0.15) is 0 Å². The Labute approximate surface area is 119 Å².